The lowest BCUT2D eigenvalue weighted by Crippen LogP contribution is -2.21. The van der Waals surface area contributed by atoms with Gasteiger partial charge in [-0.15, -0.1) is 0 Å². The van der Waals surface area contributed by atoms with Gasteiger partial charge in [0.05, 0.1) is 0 Å². The summed E-state index contributed by atoms with van der Waals surface area (Å²) >= 11 is 0. The fraction of sp³-hybridized carbons (Fsp3) is 0.267. The van der Waals surface area contributed by atoms with E-state index in [1.54, 1.807) is 0 Å². The van der Waals surface area contributed by atoms with Gasteiger partial charge in [0, 0.05) is 42.6 Å². The number of aromatic amines is 1. The zero-order valence-electron chi connectivity index (χ0n) is 12.2. The largest absolute Gasteiger partial charge is 0.369 e. The van der Waals surface area contributed by atoms with Gasteiger partial charge >= 0.3 is 0 Å². The van der Waals surface area contributed by atoms with Gasteiger partial charge < -0.3 is 15.2 Å². The molecule has 0 fully saturated rings. The highest BCUT2D eigenvalue weighted by atomic mass is 15.1. The molecule has 21 heavy (non-hydrogen) atoms. The Morgan fingerprint density at radius 2 is 2.05 bits per heavy atom. The van der Waals surface area contributed by atoms with Gasteiger partial charge in [-0.25, -0.2) is 15.0 Å². The van der Waals surface area contributed by atoms with Crippen LogP contribution in [0.2, 0.25) is 0 Å². The van der Waals surface area contributed by atoms with Gasteiger partial charge in [0.1, 0.15) is 17.8 Å². The first kappa shape index (κ1) is 13.5. The van der Waals surface area contributed by atoms with E-state index in [0.717, 1.165) is 41.1 Å². The Hall–Kier alpha value is -2.47. The van der Waals surface area contributed by atoms with Gasteiger partial charge in [0.15, 0.2) is 0 Å². The molecule has 0 aliphatic carbocycles. The SMILES string of the molecule is CN(C)CCNc1cc(-c2cncnc2)c2cc[nH]c2n1. The zero-order valence-corrected chi connectivity index (χ0v) is 12.2. The topological polar surface area (TPSA) is 69.7 Å². The molecule has 6 heteroatoms. The maximum Gasteiger partial charge on any atom is 0.140 e. The molecule has 0 bridgehead atoms. The Morgan fingerprint density at radius 3 is 2.81 bits per heavy atom. The highest BCUT2D eigenvalue weighted by molar-refractivity contribution is 5.94. The summed E-state index contributed by atoms with van der Waals surface area (Å²) < 4.78 is 0. The first-order valence-corrected chi connectivity index (χ1v) is 6.86. The van der Waals surface area contributed by atoms with E-state index in [0.29, 0.717) is 0 Å². The normalized spacial score (nSPS) is 11.2. The van der Waals surface area contributed by atoms with E-state index >= 15 is 0 Å². The van der Waals surface area contributed by atoms with Crippen molar-refractivity contribution >= 4 is 16.9 Å². The van der Waals surface area contributed by atoms with Crippen LogP contribution in [-0.4, -0.2) is 52.0 Å². The molecule has 0 saturated heterocycles. The maximum atomic E-state index is 4.59. The first-order valence-electron chi connectivity index (χ1n) is 6.86. The van der Waals surface area contributed by atoms with Crippen LogP contribution in [0.5, 0.6) is 0 Å². The lowest BCUT2D eigenvalue weighted by molar-refractivity contribution is 0.425. The van der Waals surface area contributed by atoms with Crippen molar-refractivity contribution < 1.29 is 0 Å². The summed E-state index contributed by atoms with van der Waals surface area (Å²) in [5, 5.41) is 4.43. The molecule has 2 N–H and O–H groups in total. The van der Waals surface area contributed by atoms with Gasteiger partial charge in [0.25, 0.3) is 0 Å². The second kappa shape index (κ2) is 5.88. The maximum absolute atomic E-state index is 4.59. The predicted molar refractivity (Wildman–Crippen MR) is 84.2 cm³/mol. The summed E-state index contributed by atoms with van der Waals surface area (Å²) in [5.41, 5.74) is 2.93. The Balaban J connectivity index is 1.96. The molecular weight excluding hydrogens is 264 g/mol. The monoisotopic (exact) mass is 282 g/mol. The Bertz CT molecular complexity index is 719. The van der Waals surface area contributed by atoms with Gasteiger partial charge in [-0.1, -0.05) is 0 Å². The van der Waals surface area contributed by atoms with Crippen LogP contribution in [0.3, 0.4) is 0 Å². The number of H-pyrrole nitrogens is 1. The average molecular weight is 282 g/mol. The van der Waals surface area contributed by atoms with Gasteiger partial charge in [-0.2, -0.15) is 0 Å². The van der Waals surface area contributed by atoms with Crippen molar-refractivity contribution in [2.75, 3.05) is 32.5 Å². The van der Waals surface area contributed by atoms with Crippen molar-refractivity contribution in [3.8, 4) is 11.1 Å². The number of nitrogens with one attached hydrogen (secondary N) is 2. The number of aromatic nitrogens is 4. The van der Waals surface area contributed by atoms with Crippen LogP contribution in [0.1, 0.15) is 0 Å². The second-order valence-corrected chi connectivity index (χ2v) is 5.15. The Kier molecular flexibility index (Phi) is 3.79. The minimum atomic E-state index is 0.844. The lowest BCUT2D eigenvalue weighted by Gasteiger charge is -2.12. The molecule has 0 radical (unpaired) electrons. The summed E-state index contributed by atoms with van der Waals surface area (Å²) in [6.07, 6.45) is 7.07. The summed E-state index contributed by atoms with van der Waals surface area (Å²) in [6.45, 7) is 1.80. The quantitative estimate of drug-likeness (QED) is 0.749. The third-order valence-corrected chi connectivity index (χ3v) is 3.27. The molecule has 0 amide bonds. The van der Waals surface area contributed by atoms with Crippen molar-refractivity contribution in [1.29, 1.82) is 0 Å². The molecule has 6 nitrogen and oxygen atoms in total. The number of hydrogen-bond donors (Lipinski definition) is 2. The molecule has 0 atom stereocenters. The molecule has 0 aromatic carbocycles. The molecule has 108 valence electrons. The van der Waals surface area contributed by atoms with Crippen LogP contribution in [0, 0.1) is 0 Å². The zero-order chi connectivity index (χ0) is 14.7. The molecule has 0 unspecified atom stereocenters. The smallest absolute Gasteiger partial charge is 0.140 e. The van der Waals surface area contributed by atoms with Crippen molar-refractivity contribution in [2.24, 2.45) is 0 Å². The van der Waals surface area contributed by atoms with E-state index in [2.05, 4.69) is 44.2 Å². The van der Waals surface area contributed by atoms with E-state index in [4.69, 9.17) is 0 Å². The third kappa shape index (κ3) is 3.00. The fourth-order valence-electron chi connectivity index (χ4n) is 2.21. The van der Waals surface area contributed by atoms with Crippen molar-refractivity contribution in [3.05, 3.63) is 37.1 Å². The number of likely N-dealkylation sites (N-methyl/N-ethyl adjacent to an activating group) is 1. The number of rotatable bonds is 5. The molecule has 3 rings (SSSR count). The summed E-state index contributed by atoms with van der Waals surface area (Å²) in [7, 11) is 4.10. The lowest BCUT2D eigenvalue weighted by atomic mass is 10.1. The third-order valence-electron chi connectivity index (χ3n) is 3.27. The van der Waals surface area contributed by atoms with E-state index in [-0.39, 0.29) is 0 Å². The van der Waals surface area contributed by atoms with E-state index < -0.39 is 0 Å². The molecular formula is C15H18N6. The fourth-order valence-corrected chi connectivity index (χ4v) is 2.21. The summed E-state index contributed by atoms with van der Waals surface area (Å²) in [4.78, 5) is 18.1. The highest BCUT2D eigenvalue weighted by Gasteiger charge is 2.09. The Labute approximate surface area is 123 Å². The van der Waals surface area contributed by atoms with E-state index in [1.165, 1.54) is 6.33 Å². The second-order valence-electron chi connectivity index (χ2n) is 5.15. The molecule has 0 aliphatic heterocycles. The number of fused-ring (bicyclic) bond motifs is 1. The van der Waals surface area contributed by atoms with Crippen molar-refractivity contribution in [1.82, 2.24) is 24.8 Å². The van der Waals surface area contributed by atoms with Gasteiger partial charge in [-0.05, 0) is 31.8 Å². The number of hydrogen-bond acceptors (Lipinski definition) is 5. The molecule has 3 aromatic heterocycles. The van der Waals surface area contributed by atoms with Crippen LogP contribution in [-0.2, 0) is 0 Å². The van der Waals surface area contributed by atoms with E-state index in [1.807, 2.05) is 30.7 Å². The molecule has 3 heterocycles. The number of nitrogens with zero attached hydrogens (tertiary/aromatic N) is 4. The van der Waals surface area contributed by atoms with Crippen molar-refractivity contribution in [2.45, 2.75) is 0 Å². The van der Waals surface area contributed by atoms with E-state index in [9.17, 15) is 0 Å². The first-order chi connectivity index (χ1) is 10.2. The van der Waals surface area contributed by atoms with Crippen LogP contribution in [0.25, 0.3) is 22.2 Å². The summed E-state index contributed by atoms with van der Waals surface area (Å²) in [6, 6.07) is 4.07. The van der Waals surface area contributed by atoms with Gasteiger partial charge in [-0.3, -0.25) is 0 Å². The van der Waals surface area contributed by atoms with Crippen LogP contribution < -0.4 is 5.32 Å². The minimum absolute atomic E-state index is 0.844. The highest BCUT2D eigenvalue weighted by Crippen LogP contribution is 2.28. The Morgan fingerprint density at radius 1 is 1.24 bits per heavy atom. The summed E-state index contributed by atoms with van der Waals surface area (Å²) in [5.74, 6) is 0.852. The molecule has 3 aromatic rings. The number of pyridine rings is 1. The molecule has 0 saturated carbocycles. The predicted octanol–water partition coefficient (Wildman–Crippen LogP) is 1.99. The van der Waals surface area contributed by atoms with Crippen LogP contribution in [0.15, 0.2) is 37.1 Å². The molecule has 0 aliphatic rings. The standard InChI is InChI=1S/C15H18N6/c1-21(2)6-5-18-14-7-13(11-8-16-10-17-9-11)12-3-4-19-15(12)20-14/h3-4,7-10H,5-6H2,1-2H3,(H2,18,19,20). The van der Waals surface area contributed by atoms with Crippen LogP contribution in [0.4, 0.5) is 5.82 Å². The number of anilines is 1. The minimum Gasteiger partial charge on any atom is -0.369 e. The van der Waals surface area contributed by atoms with Crippen LogP contribution >= 0.6 is 0 Å². The van der Waals surface area contributed by atoms with Gasteiger partial charge in [0.2, 0.25) is 0 Å². The molecule has 0 spiro atoms. The van der Waals surface area contributed by atoms with Crippen molar-refractivity contribution in [3.63, 3.8) is 0 Å². The average Bonchev–Trinajstić information content (AvgIpc) is 2.95.